The van der Waals surface area contributed by atoms with Gasteiger partial charge in [-0.2, -0.15) is 5.10 Å². The zero-order valence-corrected chi connectivity index (χ0v) is 8.80. The first-order chi connectivity index (χ1) is 6.24. The van der Waals surface area contributed by atoms with Crippen LogP contribution in [0.15, 0.2) is 6.20 Å². The molecular weight excluding hydrogens is 162 g/mol. The minimum absolute atomic E-state index is 1.06. The summed E-state index contributed by atoms with van der Waals surface area (Å²) in [5, 5.41) is 7.68. The zero-order valence-electron chi connectivity index (χ0n) is 8.80. The van der Waals surface area contributed by atoms with Crippen LogP contribution in [0.5, 0.6) is 0 Å². The molecule has 0 radical (unpaired) electrons. The maximum atomic E-state index is 4.30. The smallest absolute Gasteiger partial charge is 0.0626 e. The molecule has 3 nitrogen and oxygen atoms in total. The standard InChI is InChI=1S/C10H19N3/c1-4-6-11-7-5-10-8-13(3)12-9(10)2/h8,11H,4-7H2,1-3H3. The van der Waals surface area contributed by atoms with Gasteiger partial charge in [0.15, 0.2) is 0 Å². The fourth-order valence-corrected chi connectivity index (χ4v) is 1.42. The molecule has 0 atom stereocenters. The molecule has 0 aromatic carbocycles. The number of hydrogen-bond acceptors (Lipinski definition) is 2. The van der Waals surface area contributed by atoms with Gasteiger partial charge in [-0.15, -0.1) is 0 Å². The largest absolute Gasteiger partial charge is 0.316 e. The third-order valence-electron chi connectivity index (χ3n) is 2.11. The van der Waals surface area contributed by atoms with Gasteiger partial charge >= 0.3 is 0 Å². The topological polar surface area (TPSA) is 29.9 Å². The molecule has 0 aliphatic rings. The highest BCUT2D eigenvalue weighted by Crippen LogP contribution is 2.04. The maximum absolute atomic E-state index is 4.30. The lowest BCUT2D eigenvalue weighted by molar-refractivity contribution is 0.670. The van der Waals surface area contributed by atoms with Crippen LogP contribution >= 0.6 is 0 Å². The van der Waals surface area contributed by atoms with Crippen LogP contribution in [0.2, 0.25) is 0 Å². The quantitative estimate of drug-likeness (QED) is 0.693. The first-order valence-corrected chi connectivity index (χ1v) is 4.94. The molecule has 1 N–H and O–H groups in total. The molecule has 13 heavy (non-hydrogen) atoms. The highest BCUT2D eigenvalue weighted by Gasteiger charge is 2.01. The molecule has 0 bridgehead atoms. The third kappa shape index (κ3) is 3.19. The van der Waals surface area contributed by atoms with E-state index in [2.05, 4.69) is 30.5 Å². The molecule has 3 heteroatoms. The number of aromatic nitrogens is 2. The van der Waals surface area contributed by atoms with Gasteiger partial charge in [-0.25, -0.2) is 0 Å². The molecular formula is C10H19N3. The number of rotatable bonds is 5. The summed E-state index contributed by atoms with van der Waals surface area (Å²) < 4.78 is 1.88. The lowest BCUT2D eigenvalue weighted by atomic mass is 10.2. The molecule has 1 heterocycles. The second kappa shape index (κ2) is 5.02. The SMILES string of the molecule is CCCNCCc1cn(C)nc1C. The summed E-state index contributed by atoms with van der Waals surface area (Å²) in [5.74, 6) is 0. The molecule has 0 spiro atoms. The zero-order chi connectivity index (χ0) is 9.68. The van der Waals surface area contributed by atoms with E-state index >= 15 is 0 Å². The normalized spacial score (nSPS) is 10.7. The number of nitrogens with zero attached hydrogens (tertiary/aromatic N) is 2. The van der Waals surface area contributed by atoms with Crippen molar-refractivity contribution in [3.8, 4) is 0 Å². The minimum Gasteiger partial charge on any atom is -0.316 e. The van der Waals surface area contributed by atoms with Gasteiger partial charge in [0, 0.05) is 13.2 Å². The summed E-state index contributed by atoms with van der Waals surface area (Å²) in [7, 11) is 1.97. The molecule has 0 fully saturated rings. The molecule has 0 amide bonds. The third-order valence-corrected chi connectivity index (χ3v) is 2.11. The van der Waals surface area contributed by atoms with Crippen molar-refractivity contribution >= 4 is 0 Å². The molecule has 0 saturated heterocycles. The van der Waals surface area contributed by atoms with Crippen molar-refractivity contribution in [1.82, 2.24) is 15.1 Å². The molecule has 74 valence electrons. The summed E-state index contributed by atoms with van der Waals surface area (Å²) in [5.41, 5.74) is 2.51. The van der Waals surface area contributed by atoms with E-state index in [4.69, 9.17) is 0 Å². The molecule has 1 aromatic rings. The Morgan fingerprint density at radius 3 is 2.77 bits per heavy atom. The van der Waals surface area contributed by atoms with E-state index in [1.54, 1.807) is 0 Å². The summed E-state index contributed by atoms with van der Waals surface area (Å²) in [6.45, 7) is 6.41. The Bertz CT molecular complexity index is 253. The summed E-state index contributed by atoms with van der Waals surface area (Å²) in [6, 6.07) is 0. The molecule has 1 rings (SSSR count). The van der Waals surface area contributed by atoms with Crippen LogP contribution in [-0.4, -0.2) is 22.9 Å². The number of hydrogen-bond donors (Lipinski definition) is 1. The van der Waals surface area contributed by atoms with E-state index in [9.17, 15) is 0 Å². The van der Waals surface area contributed by atoms with Crippen LogP contribution in [0.25, 0.3) is 0 Å². The van der Waals surface area contributed by atoms with Gasteiger partial charge < -0.3 is 5.32 Å². The Morgan fingerprint density at radius 2 is 2.23 bits per heavy atom. The minimum atomic E-state index is 1.06. The Balaban J connectivity index is 2.32. The van der Waals surface area contributed by atoms with Crippen LogP contribution in [0.3, 0.4) is 0 Å². The Labute approximate surface area is 80.1 Å². The fraction of sp³-hybridized carbons (Fsp3) is 0.700. The average molecular weight is 181 g/mol. The Kier molecular flexibility index (Phi) is 3.96. The van der Waals surface area contributed by atoms with Gasteiger partial charge in [0.1, 0.15) is 0 Å². The Morgan fingerprint density at radius 1 is 1.46 bits per heavy atom. The van der Waals surface area contributed by atoms with Crippen LogP contribution in [0.1, 0.15) is 24.6 Å². The van der Waals surface area contributed by atoms with E-state index in [0.29, 0.717) is 0 Å². The van der Waals surface area contributed by atoms with Gasteiger partial charge in [-0.1, -0.05) is 6.92 Å². The van der Waals surface area contributed by atoms with Crippen LogP contribution in [-0.2, 0) is 13.5 Å². The molecule has 0 unspecified atom stereocenters. The first-order valence-electron chi connectivity index (χ1n) is 4.94. The van der Waals surface area contributed by atoms with Crippen molar-refractivity contribution in [2.45, 2.75) is 26.7 Å². The van der Waals surface area contributed by atoms with Crippen molar-refractivity contribution in [2.24, 2.45) is 7.05 Å². The van der Waals surface area contributed by atoms with E-state index in [1.165, 1.54) is 12.0 Å². The van der Waals surface area contributed by atoms with Crippen molar-refractivity contribution in [3.63, 3.8) is 0 Å². The predicted octanol–water partition coefficient (Wildman–Crippen LogP) is 1.27. The van der Waals surface area contributed by atoms with Crippen molar-refractivity contribution in [3.05, 3.63) is 17.5 Å². The summed E-state index contributed by atoms with van der Waals surface area (Å²) in [6.07, 6.45) is 4.38. The van der Waals surface area contributed by atoms with Crippen molar-refractivity contribution in [2.75, 3.05) is 13.1 Å². The van der Waals surface area contributed by atoms with Crippen LogP contribution in [0.4, 0.5) is 0 Å². The maximum Gasteiger partial charge on any atom is 0.0626 e. The predicted molar refractivity (Wildman–Crippen MR) is 54.8 cm³/mol. The Hall–Kier alpha value is -0.830. The lowest BCUT2D eigenvalue weighted by Gasteiger charge is -2.00. The first kappa shape index (κ1) is 10.3. The van der Waals surface area contributed by atoms with Gasteiger partial charge in [0.25, 0.3) is 0 Å². The van der Waals surface area contributed by atoms with Gasteiger partial charge in [0.2, 0.25) is 0 Å². The molecule has 0 saturated carbocycles. The second-order valence-corrected chi connectivity index (χ2v) is 3.41. The van der Waals surface area contributed by atoms with Crippen LogP contribution < -0.4 is 5.32 Å². The van der Waals surface area contributed by atoms with Gasteiger partial charge in [0.05, 0.1) is 5.69 Å². The second-order valence-electron chi connectivity index (χ2n) is 3.41. The summed E-state index contributed by atoms with van der Waals surface area (Å²) >= 11 is 0. The molecule has 0 aliphatic carbocycles. The highest BCUT2D eigenvalue weighted by molar-refractivity contribution is 5.15. The van der Waals surface area contributed by atoms with Crippen molar-refractivity contribution < 1.29 is 0 Å². The van der Waals surface area contributed by atoms with E-state index in [1.807, 2.05) is 11.7 Å². The monoisotopic (exact) mass is 181 g/mol. The van der Waals surface area contributed by atoms with E-state index in [-0.39, 0.29) is 0 Å². The van der Waals surface area contributed by atoms with Crippen LogP contribution in [0, 0.1) is 6.92 Å². The number of aryl methyl sites for hydroxylation is 2. The highest BCUT2D eigenvalue weighted by atomic mass is 15.2. The summed E-state index contributed by atoms with van der Waals surface area (Å²) in [4.78, 5) is 0. The van der Waals surface area contributed by atoms with Gasteiger partial charge in [-0.3, -0.25) is 4.68 Å². The van der Waals surface area contributed by atoms with E-state index in [0.717, 1.165) is 25.2 Å². The molecule has 1 aromatic heterocycles. The van der Waals surface area contributed by atoms with E-state index < -0.39 is 0 Å². The lowest BCUT2D eigenvalue weighted by Crippen LogP contribution is -2.17. The average Bonchev–Trinajstić information content (AvgIpc) is 2.39. The number of nitrogens with one attached hydrogen (secondary N) is 1. The van der Waals surface area contributed by atoms with Crippen molar-refractivity contribution in [1.29, 1.82) is 0 Å². The molecule has 0 aliphatic heterocycles. The fourth-order valence-electron chi connectivity index (χ4n) is 1.42. The van der Waals surface area contributed by atoms with Gasteiger partial charge in [-0.05, 0) is 38.4 Å².